The first-order valence-electron chi connectivity index (χ1n) is 14.4. The number of hydrogen-bond acceptors (Lipinski definition) is 4. The average molecular weight is 532 g/mol. The fourth-order valence-electron chi connectivity index (χ4n) is 6.29. The molecule has 2 aliphatic rings. The van der Waals surface area contributed by atoms with Crippen LogP contribution in [0.3, 0.4) is 0 Å². The molecule has 1 unspecified atom stereocenters. The number of morpholine rings is 1. The molecule has 7 heteroatoms. The summed E-state index contributed by atoms with van der Waals surface area (Å²) < 4.78 is 13.0. The van der Waals surface area contributed by atoms with Crippen molar-refractivity contribution in [1.29, 1.82) is 0 Å². The third-order valence-electron chi connectivity index (χ3n) is 8.25. The van der Waals surface area contributed by atoms with Crippen molar-refractivity contribution in [2.45, 2.75) is 57.9 Å². The summed E-state index contributed by atoms with van der Waals surface area (Å²) in [4.78, 5) is 29.2. The maximum atomic E-state index is 13.3. The zero-order valence-electron chi connectivity index (χ0n) is 23.4. The molecule has 0 radical (unpaired) electrons. The third kappa shape index (κ3) is 6.20. The number of hydrogen-bond donors (Lipinski definition) is 0. The van der Waals surface area contributed by atoms with Gasteiger partial charge in [-0.25, -0.2) is 0 Å². The summed E-state index contributed by atoms with van der Waals surface area (Å²) in [5.74, 6) is 0.619. The summed E-state index contributed by atoms with van der Waals surface area (Å²) >= 11 is 0. The van der Waals surface area contributed by atoms with Crippen LogP contribution in [0.1, 0.15) is 54.8 Å². The highest BCUT2D eigenvalue weighted by Gasteiger charge is 2.29. The van der Waals surface area contributed by atoms with E-state index in [1.807, 2.05) is 12.1 Å². The van der Waals surface area contributed by atoms with Gasteiger partial charge in [-0.15, -0.1) is 0 Å². The Hall–Kier alpha value is -3.16. The number of carbonyl (C=O) groups excluding carboxylic acids is 2. The molecule has 39 heavy (non-hydrogen) atoms. The first-order valence-corrected chi connectivity index (χ1v) is 14.4. The molecule has 2 saturated heterocycles. The van der Waals surface area contributed by atoms with Crippen molar-refractivity contribution in [2.24, 2.45) is 0 Å². The average Bonchev–Trinajstić information content (AvgIpc) is 3.25. The fourth-order valence-corrected chi connectivity index (χ4v) is 6.29. The van der Waals surface area contributed by atoms with Crippen molar-refractivity contribution >= 4 is 28.4 Å². The minimum absolute atomic E-state index is 0.00460. The Bertz CT molecular complexity index is 1280. The molecule has 1 aromatic heterocycles. The number of amides is 2. The Morgan fingerprint density at radius 2 is 1.90 bits per heavy atom. The van der Waals surface area contributed by atoms with E-state index in [9.17, 15) is 9.59 Å². The number of likely N-dealkylation sites (tertiary alicyclic amines) is 1. The summed E-state index contributed by atoms with van der Waals surface area (Å²) in [7, 11) is 1.76. The molecule has 0 N–H and O–H groups in total. The highest BCUT2D eigenvalue weighted by Crippen LogP contribution is 2.36. The number of para-hydroxylation sites is 1. The van der Waals surface area contributed by atoms with Gasteiger partial charge in [-0.2, -0.15) is 0 Å². The Balaban J connectivity index is 1.19. The highest BCUT2D eigenvalue weighted by molar-refractivity contribution is 5.94. The SMILES string of the molecule is COCCCn1c(C2CCCN(C(=O)CCCc3ccc(N4CCOCC4=O)cc3)C2)c(C)c2ccccc21. The molecule has 0 spiro atoms. The van der Waals surface area contributed by atoms with Gasteiger partial charge in [0.05, 0.1) is 6.61 Å². The molecule has 0 aliphatic carbocycles. The van der Waals surface area contributed by atoms with E-state index in [1.54, 1.807) is 12.0 Å². The molecule has 2 aromatic carbocycles. The van der Waals surface area contributed by atoms with E-state index in [0.29, 0.717) is 25.5 Å². The van der Waals surface area contributed by atoms with Crippen LogP contribution in [0.5, 0.6) is 0 Å². The van der Waals surface area contributed by atoms with Gasteiger partial charge in [0, 0.05) is 74.5 Å². The number of piperidine rings is 1. The molecule has 208 valence electrons. The van der Waals surface area contributed by atoms with Crippen LogP contribution >= 0.6 is 0 Å². The molecule has 5 rings (SSSR count). The summed E-state index contributed by atoms with van der Waals surface area (Å²) in [6, 6.07) is 16.8. The van der Waals surface area contributed by atoms with Crippen molar-refractivity contribution in [2.75, 3.05) is 51.5 Å². The zero-order chi connectivity index (χ0) is 27.2. The number of nitrogens with zero attached hydrogens (tertiary/aromatic N) is 3. The smallest absolute Gasteiger partial charge is 0.253 e. The lowest BCUT2D eigenvalue weighted by Crippen LogP contribution is -2.41. The lowest BCUT2D eigenvalue weighted by molar-refractivity contribution is -0.132. The van der Waals surface area contributed by atoms with E-state index in [2.05, 4.69) is 52.8 Å². The lowest BCUT2D eigenvalue weighted by Gasteiger charge is -2.34. The molecule has 2 aliphatic heterocycles. The number of rotatable bonds is 10. The van der Waals surface area contributed by atoms with Crippen molar-refractivity contribution in [1.82, 2.24) is 9.47 Å². The van der Waals surface area contributed by atoms with Crippen molar-refractivity contribution in [3.05, 3.63) is 65.4 Å². The summed E-state index contributed by atoms with van der Waals surface area (Å²) in [5, 5.41) is 1.32. The van der Waals surface area contributed by atoms with E-state index < -0.39 is 0 Å². The summed E-state index contributed by atoms with van der Waals surface area (Å²) in [6.45, 7) is 6.87. The molecule has 7 nitrogen and oxygen atoms in total. The van der Waals surface area contributed by atoms with E-state index in [1.165, 1.54) is 27.7 Å². The van der Waals surface area contributed by atoms with Gasteiger partial charge in [-0.05, 0) is 68.4 Å². The van der Waals surface area contributed by atoms with E-state index in [0.717, 1.165) is 64.0 Å². The van der Waals surface area contributed by atoms with Gasteiger partial charge in [-0.3, -0.25) is 9.59 Å². The number of benzene rings is 2. The Morgan fingerprint density at radius 1 is 1.08 bits per heavy atom. The Labute approximate surface area is 231 Å². The van der Waals surface area contributed by atoms with Crippen LogP contribution < -0.4 is 4.90 Å². The standard InChI is InChI=1S/C32H41N3O4/c1-24-28-10-3-4-11-29(28)35(18-7-20-38-2)32(24)26-9-6-17-33(22-26)30(36)12-5-8-25-13-15-27(16-14-25)34-19-21-39-23-31(34)37/h3-4,10-11,13-16,26H,5-9,12,17-23H2,1-2H3. The molecule has 0 saturated carbocycles. The van der Waals surface area contributed by atoms with Crippen molar-refractivity contribution in [3.8, 4) is 0 Å². The Kier molecular flexibility index (Phi) is 8.99. The van der Waals surface area contributed by atoms with Gasteiger partial charge in [0.15, 0.2) is 0 Å². The van der Waals surface area contributed by atoms with Gasteiger partial charge in [0.1, 0.15) is 6.61 Å². The van der Waals surface area contributed by atoms with E-state index in [-0.39, 0.29) is 18.4 Å². The molecule has 3 aromatic rings. The van der Waals surface area contributed by atoms with Gasteiger partial charge < -0.3 is 23.8 Å². The molecular formula is C32H41N3O4. The number of anilines is 1. The third-order valence-corrected chi connectivity index (χ3v) is 8.25. The number of carbonyl (C=O) groups is 2. The zero-order valence-corrected chi connectivity index (χ0v) is 23.4. The summed E-state index contributed by atoms with van der Waals surface area (Å²) in [5.41, 5.74) is 6.14. The van der Waals surface area contributed by atoms with Crippen LogP contribution in [0.4, 0.5) is 5.69 Å². The number of aromatic nitrogens is 1. The lowest BCUT2D eigenvalue weighted by atomic mass is 9.91. The molecular weight excluding hydrogens is 490 g/mol. The van der Waals surface area contributed by atoms with Gasteiger partial charge in [0.2, 0.25) is 5.91 Å². The molecule has 2 fully saturated rings. The van der Waals surface area contributed by atoms with Crippen LogP contribution in [0.25, 0.3) is 10.9 Å². The minimum atomic E-state index is 0.00460. The van der Waals surface area contributed by atoms with Crippen molar-refractivity contribution < 1.29 is 19.1 Å². The second kappa shape index (κ2) is 12.8. The number of fused-ring (bicyclic) bond motifs is 1. The largest absolute Gasteiger partial charge is 0.385 e. The first-order chi connectivity index (χ1) is 19.1. The van der Waals surface area contributed by atoms with Crippen molar-refractivity contribution in [3.63, 3.8) is 0 Å². The van der Waals surface area contributed by atoms with Crippen LogP contribution in [-0.2, 0) is 32.0 Å². The topological polar surface area (TPSA) is 64.0 Å². The van der Waals surface area contributed by atoms with E-state index >= 15 is 0 Å². The van der Waals surface area contributed by atoms with Crippen LogP contribution in [0.15, 0.2) is 48.5 Å². The maximum Gasteiger partial charge on any atom is 0.253 e. The quantitative estimate of drug-likeness (QED) is 0.343. The summed E-state index contributed by atoms with van der Waals surface area (Å²) in [6.07, 6.45) is 5.37. The second-order valence-electron chi connectivity index (χ2n) is 10.8. The molecule has 2 amide bonds. The predicted octanol–water partition coefficient (Wildman–Crippen LogP) is 5.08. The van der Waals surface area contributed by atoms with Crippen LogP contribution in [0.2, 0.25) is 0 Å². The Morgan fingerprint density at radius 3 is 2.69 bits per heavy atom. The molecule has 3 heterocycles. The predicted molar refractivity (Wildman–Crippen MR) is 154 cm³/mol. The van der Waals surface area contributed by atoms with Crippen LogP contribution in [0, 0.1) is 6.92 Å². The number of ether oxygens (including phenoxy) is 2. The molecule has 1 atom stereocenters. The first kappa shape index (κ1) is 27.4. The highest BCUT2D eigenvalue weighted by atomic mass is 16.5. The van der Waals surface area contributed by atoms with Gasteiger partial charge in [-0.1, -0.05) is 30.3 Å². The van der Waals surface area contributed by atoms with Crippen LogP contribution in [-0.4, -0.2) is 67.8 Å². The minimum Gasteiger partial charge on any atom is -0.385 e. The van der Waals surface area contributed by atoms with E-state index in [4.69, 9.17) is 9.47 Å². The second-order valence-corrected chi connectivity index (χ2v) is 10.8. The normalized spacial score (nSPS) is 18.2. The maximum absolute atomic E-state index is 13.3. The number of methoxy groups -OCH3 is 1. The number of aryl methyl sites for hydroxylation is 3. The van der Waals surface area contributed by atoms with Gasteiger partial charge in [0.25, 0.3) is 5.91 Å². The van der Waals surface area contributed by atoms with Gasteiger partial charge >= 0.3 is 0 Å². The fraction of sp³-hybridized carbons (Fsp3) is 0.500. The monoisotopic (exact) mass is 531 g/mol. The molecule has 0 bridgehead atoms.